The van der Waals surface area contributed by atoms with Crippen LogP contribution in [0.1, 0.15) is 13.8 Å². The second-order valence-electron chi connectivity index (χ2n) is 1.65. The summed E-state index contributed by atoms with van der Waals surface area (Å²) in [4.78, 5) is 10.1. The average molecular weight is 134 g/mol. The summed E-state index contributed by atoms with van der Waals surface area (Å²) in [5.74, 6) is -0.245. The van der Waals surface area contributed by atoms with E-state index in [4.69, 9.17) is 0 Å². The number of ether oxygens (including phenoxy) is 1. The molecule has 0 aliphatic carbocycles. The first-order valence-corrected chi connectivity index (χ1v) is 2.96. The van der Waals surface area contributed by atoms with E-state index in [2.05, 4.69) is 17.4 Å². The zero-order valence-electron chi connectivity index (χ0n) is 5.05. The standard InChI is InChI=1S/C5H10O2S/c1-4(8)3-7-5(2)6/h4,8H,3H2,1-2H3/t4-/m1/s1. The van der Waals surface area contributed by atoms with Gasteiger partial charge >= 0.3 is 5.97 Å². The highest BCUT2D eigenvalue weighted by Crippen LogP contribution is 1.91. The molecule has 3 heteroatoms. The van der Waals surface area contributed by atoms with Gasteiger partial charge in [0, 0.05) is 12.2 Å². The van der Waals surface area contributed by atoms with Crippen molar-refractivity contribution in [2.45, 2.75) is 19.1 Å². The van der Waals surface area contributed by atoms with Gasteiger partial charge in [0.2, 0.25) is 0 Å². The van der Waals surface area contributed by atoms with Gasteiger partial charge in [0.05, 0.1) is 0 Å². The van der Waals surface area contributed by atoms with Gasteiger partial charge in [-0.1, -0.05) is 6.92 Å². The van der Waals surface area contributed by atoms with E-state index in [1.807, 2.05) is 6.92 Å². The lowest BCUT2D eigenvalue weighted by atomic mass is 10.5. The van der Waals surface area contributed by atoms with Crippen molar-refractivity contribution in [1.82, 2.24) is 0 Å². The maximum atomic E-state index is 10.1. The summed E-state index contributed by atoms with van der Waals surface area (Å²) in [6, 6.07) is 0. The Morgan fingerprint density at radius 2 is 2.38 bits per heavy atom. The first-order chi connectivity index (χ1) is 3.63. The van der Waals surface area contributed by atoms with Crippen molar-refractivity contribution in [3.05, 3.63) is 0 Å². The maximum absolute atomic E-state index is 10.1. The predicted octanol–water partition coefficient (Wildman–Crippen LogP) is 0.868. The van der Waals surface area contributed by atoms with Gasteiger partial charge < -0.3 is 4.74 Å². The molecule has 0 aromatic heterocycles. The van der Waals surface area contributed by atoms with Gasteiger partial charge in [0.15, 0.2) is 0 Å². The summed E-state index contributed by atoms with van der Waals surface area (Å²) in [5, 5.41) is 0.138. The smallest absolute Gasteiger partial charge is 0.302 e. The zero-order valence-corrected chi connectivity index (χ0v) is 5.94. The Labute approximate surface area is 54.6 Å². The van der Waals surface area contributed by atoms with Crippen molar-refractivity contribution in [2.75, 3.05) is 6.61 Å². The van der Waals surface area contributed by atoms with Crippen LogP contribution in [0.2, 0.25) is 0 Å². The Hall–Kier alpha value is -0.180. The highest BCUT2D eigenvalue weighted by molar-refractivity contribution is 7.80. The molecule has 0 saturated heterocycles. The fourth-order valence-corrected chi connectivity index (χ4v) is 0.312. The largest absolute Gasteiger partial charge is 0.465 e. The molecular weight excluding hydrogens is 124 g/mol. The van der Waals surface area contributed by atoms with Crippen molar-refractivity contribution in [3.8, 4) is 0 Å². The number of esters is 1. The molecule has 0 aliphatic heterocycles. The molecule has 0 amide bonds. The van der Waals surface area contributed by atoms with Crippen molar-refractivity contribution >= 4 is 18.6 Å². The van der Waals surface area contributed by atoms with Crippen molar-refractivity contribution in [1.29, 1.82) is 0 Å². The summed E-state index contributed by atoms with van der Waals surface area (Å²) >= 11 is 4.00. The molecular formula is C5H10O2S. The normalized spacial score (nSPS) is 12.9. The molecule has 0 unspecified atom stereocenters. The summed E-state index contributed by atoms with van der Waals surface area (Å²) in [6.45, 7) is 3.65. The molecule has 0 N–H and O–H groups in total. The Morgan fingerprint density at radius 1 is 1.88 bits per heavy atom. The lowest BCUT2D eigenvalue weighted by molar-refractivity contribution is -0.140. The Kier molecular flexibility index (Phi) is 3.69. The topological polar surface area (TPSA) is 26.3 Å². The van der Waals surface area contributed by atoms with Crippen LogP contribution in [0.25, 0.3) is 0 Å². The van der Waals surface area contributed by atoms with Crippen molar-refractivity contribution < 1.29 is 9.53 Å². The van der Waals surface area contributed by atoms with Crippen molar-refractivity contribution in [2.24, 2.45) is 0 Å². The minimum Gasteiger partial charge on any atom is -0.465 e. The van der Waals surface area contributed by atoms with Crippen LogP contribution in [0, 0.1) is 0 Å². The number of hydrogen-bond acceptors (Lipinski definition) is 3. The van der Waals surface area contributed by atoms with E-state index in [1.165, 1.54) is 6.92 Å². The molecule has 0 spiro atoms. The van der Waals surface area contributed by atoms with E-state index in [0.717, 1.165) is 0 Å². The number of rotatable bonds is 2. The Balaban J connectivity index is 3.05. The first kappa shape index (κ1) is 7.82. The second kappa shape index (κ2) is 3.78. The molecule has 8 heavy (non-hydrogen) atoms. The minimum atomic E-state index is -0.245. The molecule has 0 aliphatic rings. The summed E-state index contributed by atoms with van der Waals surface area (Å²) in [5.41, 5.74) is 0. The van der Waals surface area contributed by atoms with Gasteiger partial charge in [-0.2, -0.15) is 12.6 Å². The highest BCUT2D eigenvalue weighted by Gasteiger charge is 1.95. The molecule has 0 bridgehead atoms. The number of carbonyl (C=O) groups is 1. The van der Waals surface area contributed by atoms with E-state index < -0.39 is 0 Å². The van der Waals surface area contributed by atoms with Crippen LogP contribution in [0.5, 0.6) is 0 Å². The molecule has 1 atom stereocenters. The SMILES string of the molecule is CC(=O)OC[C@@H](C)S. The average Bonchev–Trinajstić information content (AvgIpc) is 1.61. The van der Waals surface area contributed by atoms with Gasteiger partial charge in [-0.05, 0) is 0 Å². The summed E-state index contributed by atoms with van der Waals surface area (Å²) in [6.07, 6.45) is 0. The third kappa shape index (κ3) is 5.82. The van der Waals surface area contributed by atoms with E-state index in [-0.39, 0.29) is 11.2 Å². The fraction of sp³-hybridized carbons (Fsp3) is 0.800. The Bertz CT molecular complexity index is 80.5. The second-order valence-corrected chi connectivity index (χ2v) is 2.53. The summed E-state index contributed by atoms with van der Waals surface area (Å²) in [7, 11) is 0. The number of thiol groups is 1. The number of carbonyl (C=O) groups excluding carboxylic acids is 1. The molecule has 0 radical (unpaired) electrons. The van der Waals surface area contributed by atoms with Crippen LogP contribution in [-0.4, -0.2) is 17.8 Å². The molecule has 0 heterocycles. The quantitative estimate of drug-likeness (QED) is 0.448. The lowest BCUT2D eigenvalue weighted by Crippen LogP contribution is -2.07. The summed E-state index contributed by atoms with van der Waals surface area (Å²) < 4.78 is 4.59. The lowest BCUT2D eigenvalue weighted by Gasteiger charge is -2.01. The van der Waals surface area contributed by atoms with E-state index >= 15 is 0 Å². The zero-order chi connectivity index (χ0) is 6.57. The molecule has 0 fully saturated rings. The van der Waals surface area contributed by atoms with E-state index in [9.17, 15) is 4.79 Å². The van der Waals surface area contributed by atoms with Crippen LogP contribution in [0.4, 0.5) is 0 Å². The first-order valence-electron chi connectivity index (χ1n) is 2.44. The fourth-order valence-electron chi connectivity index (χ4n) is 0.238. The molecule has 0 saturated carbocycles. The minimum absolute atomic E-state index is 0.138. The van der Waals surface area contributed by atoms with Gasteiger partial charge in [-0.15, -0.1) is 0 Å². The van der Waals surface area contributed by atoms with Crippen LogP contribution in [0.3, 0.4) is 0 Å². The molecule has 48 valence electrons. The molecule has 0 rings (SSSR count). The van der Waals surface area contributed by atoms with Crippen molar-refractivity contribution in [3.63, 3.8) is 0 Å². The van der Waals surface area contributed by atoms with Gasteiger partial charge in [0.1, 0.15) is 6.61 Å². The predicted molar refractivity (Wildman–Crippen MR) is 35.1 cm³/mol. The molecule has 2 nitrogen and oxygen atoms in total. The van der Waals surface area contributed by atoms with E-state index in [1.54, 1.807) is 0 Å². The van der Waals surface area contributed by atoms with Gasteiger partial charge in [-0.3, -0.25) is 4.79 Å². The monoisotopic (exact) mass is 134 g/mol. The maximum Gasteiger partial charge on any atom is 0.302 e. The van der Waals surface area contributed by atoms with Crippen LogP contribution >= 0.6 is 12.6 Å². The van der Waals surface area contributed by atoms with E-state index in [0.29, 0.717) is 6.61 Å². The molecule has 0 aromatic carbocycles. The Morgan fingerprint density at radius 3 is 2.50 bits per heavy atom. The van der Waals surface area contributed by atoms with Gasteiger partial charge in [-0.25, -0.2) is 0 Å². The van der Waals surface area contributed by atoms with Crippen LogP contribution < -0.4 is 0 Å². The third-order valence-electron chi connectivity index (χ3n) is 0.528. The number of hydrogen-bond donors (Lipinski definition) is 1. The van der Waals surface area contributed by atoms with Crippen LogP contribution in [0.15, 0.2) is 0 Å². The highest BCUT2D eigenvalue weighted by atomic mass is 32.1. The third-order valence-corrected chi connectivity index (χ3v) is 0.677. The molecule has 0 aromatic rings. The van der Waals surface area contributed by atoms with Gasteiger partial charge in [0.25, 0.3) is 0 Å². The van der Waals surface area contributed by atoms with Crippen LogP contribution in [-0.2, 0) is 9.53 Å².